The van der Waals surface area contributed by atoms with Crippen LogP contribution in [0.1, 0.15) is 23.0 Å². The lowest BCUT2D eigenvalue weighted by molar-refractivity contribution is 0.0757. The van der Waals surface area contributed by atoms with Gasteiger partial charge in [0.25, 0.3) is 5.91 Å². The minimum Gasteiger partial charge on any atom is -0.335 e. The molecule has 2 rings (SSSR count). The van der Waals surface area contributed by atoms with Gasteiger partial charge in [-0.2, -0.15) is 11.8 Å². The fourth-order valence-corrected chi connectivity index (χ4v) is 2.99. The molecule has 0 spiro atoms. The second-order valence-electron chi connectivity index (χ2n) is 4.34. The van der Waals surface area contributed by atoms with E-state index < -0.39 is 0 Å². The second-order valence-corrected chi connectivity index (χ2v) is 5.88. The smallest absolute Gasteiger partial charge is 0.273 e. The molecule has 1 aliphatic rings. The Bertz CT molecular complexity index is 521. The Labute approximate surface area is 117 Å². The van der Waals surface area contributed by atoms with Crippen LogP contribution in [0.2, 0.25) is 0 Å². The number of amides is 1. The summed E-state index contributed by atoms with van der Waals surface area (Å²) in [7, 11) is 0. The lowest BCUT2D eigenvalue weighted by atomic mass is 10.1. The standard InChI is InChI=1S/C14H17N3OS/c1-11-10-17(8-9-19-11)14(18)13-12(4-2-6-15)5-3-7-16-13/h3,5,7,11H,6,8-10,15H2,1H3. The van der Waals surface area contributed by atoms with Crippen LogP contribution in [0.15, 0.2) is 18.3 Å². The van der Waals surface area contributed by atoms with Crippen molar-refractivity contribution in [2.24, 2.45) is 5.73 Å². The molecule has 100 valence electrons. The third-order valence-electron chi connectivity index (χ3n) is 2.86. The third kappa shape index (κ3) is 3.49. The topological polar surface area (TPSA) is 59.2 Å². The van der Waals surface area contributed by atoms with Gasteiger partial charge in [0.1, 0.15) is 5.69 Å². The summed E-state index contributed by atoms with van der Waals surface area (Å²) in [6, 6.07) is 3.59. The molecule has 0 radical (unpaired) electrons. The monoisotopic (exact) mass is 275 g/mol. The van der Waals surface area contributed by atoms with E-state index in [4.69, 9.17) is 5.73 Å². The molecule has 0 aliphatic carbocycles. The van der Waals surface area contributed by atoms with Gasteiger partial charge in [-0.15, -0.1) is 0 Å². The molecule has 1 aromatic heterocycles. The number of nitrogens with two attached hydrogens (primary N) is 1. The molecular weight excluding hydrogens is 258 g/mol. The minimum atomic E-state index is -0.0333. The highest BCUT2D eigenvalue weighted by atomic mass is 32.2. The zero-order chi connectivity index (χ0) is 13.7. The number of pyridine rings is 1. The average molecular weight is 275 g/mol. The first kappa shape index (κ1) is 13.9. The molecule has 2 N–H and O–H groups in total. The predicted molar refractivity (Wildman–Crippen MR) is 78.0 cm³/mol. The largest absolute Gasteiger partial charge is 0.335 e. The normalized spacial score (nSPS) is 18.6. The van der Waals surface area contributed by atoms with Crippen LogP contribution in [0.3, 0.4) is 0 Å². The molecule has 1 atom stereocenters. The Morgan fingerprint density at radius 3 is 3.26 bits per heavy atom. The average Bonchev–Trinajstić information content (AvgIpc) is 2.44. The Balaban J connectivity index is 2.23. The van der Waals surface area contributed by atoms with Crippen LogP contribution in [0, 0.1) is 11.8 Å². The first-order valence-corrected chi connectivity index (χ1v) is 7.32. The fourth-order valence-electron chi connectivity index (χ4n) is 1.98. The minimum absolute atomic E-state index is 0.0333. The number of aromatic nitrogens is 1. The molecule has 1 saturated heterocycles. The third-order valence-corrected chi connectivity index (χ3v) is 4.00. The highest BCUT2D eigenvalue weighted by Gasteiger charge is 2.24. The summed E-state index contributed by atoms with van der Waals surface area (Å²) >= 11 is 1.89. The van der Waals surface area contributed by atoms with Crippen LogP contribution in [0.5, 0.6) is 0 Å². The van der Waals surface area contributed by atoms with E-state index in [0.717, 1.165) is 18.8 Å². The second kappa shape index (κ2) is 6.60. The SMILES string of the molecule is CC1CN(C(=O)c2ncccc2C#CCN)CCS1. The maximum atomic E-state index is 12.5. The van der Waals surface area contributed by atoms with Gasteiger partial charge in [0.15, 0.2) is 0 Å². The quantitative estimate of drug-likeness (QED) is 0.776. The van der Waals surface area contributed by atoms with Crippen LogP contribution >= 0.6 is 11.8 Å². The lowest BCUT2D eigenvalue weighted by Crippen LogP contribution is -2.41. The molecule has 1 aliphatic heterocycles. The van der Waals surface area contributed by atoms with Crippen molar-refractivity contribution < 1.29 is 4.79 Å². The predicted octanol–water partition coefficient (Wildman–Crippen LogP) is 0.969. The molecule has 1 unspecified atom stereocenters. The summed E-state index contributed by atoms with van der Waals surface area (Å²) in [5, 5.41) is 0.472. The van der Waals surface area contributed by atoms with Gasteiger partial charge in [0.05, 0.1) is 12.1 Å². The van der Waals surface area contributed by atoms with Crippen LogP contribution in [0.4, 0.5) is 0 Å². The van der Waals surface area contributed by atoms with E-state index in [1.54, 1.807) is 12.3 Å². The summed E-state index contributed by atoms with van der Waals surface area (Å²) in [6.07, 6.45) is 1.63. The maximum absolute atomic E-state index is 12.5. The van der Waals surface area contributed by atoms with Crippen LogP contribution in [-0.4, -0.2) is 46.4 Å². The summed E-state index contributed by atoms with van der Waals surface area (Å²) in [5.74, 6) is 6.63. The van der Waals surface area contributed by atoms with Gasteiger partial charge < -0.3 is 10.6 Å². The van der Waals surface area contributed by atoms with E-state index in [-0.39, 0.29) is 12.5 Å². The highest BCUT2D eigenvalue weighted by molar-refractivity contribution is 7.99. The number of hydrogen-bond acceptors (Lipinski definition) is 4. The molecule has 1 fully saturated rings. The van der Waals surface area contributed by atoms with E-state index in [1.807, 2.05) is 22.7 Å². The molecular formula is C14H17N3OS. The summed E-state index contributed by atoms with van der Waals surface area (Å²) in [4.78, 5) is 18.5. The first-order valence-electron chi connectivity index (χ1n) is 6.27. The fraction of sp³-hybridized carbons (Fsp3) is 0.429. The van der Waals surface area contributed by atoms with Crippen LogP contribution in [0.25, 0.3) is 0 Å². The Kier molecular flexibility index (Phi) is 4.83. The van der Waals surface area contributed by atoms with E-state index in [2.05, 4.69) is 23.7 Å². The number of carbonyl (C=O) groups is 1. The van der Waals surface area contributed by atoms with Gasteiger partial charge in [-0.05, 0) is 12.1 Å². The lowest BCUT2D eigenvalue weighted by Gasteiger charge is -2.30. The van der Waals surface area contributed by atoms with Gasteiger partial charge in [-0.3, -0.25) is 4.79 Å². The number of thioether (sulfide) groups is 1. The summed E-state index contributed by atoms with van der Waals surface area (Å²) in [5.41, 5.74) is 6.46. The maximum Gasteiger partial charge on any atom is 0.273 e. The zero-order valence-corrected chi connectivity index (χ0v) is 11.7. The first-order chi connectivity index (χ1) is 9.22. The molecule has 4 nitrogen and oxygen atoms in total. The molecule has 1 aromatic rings. The van der Waals surface area contributed by atoms with Gasteiger partial charge in [0, 0.05) is 30.3 Å². The van der Waals surface area contributed by atoms with Crippen molar-refractivity contribution in [3.8, 4) is 11.8 Å². The van der Waals surface area contributed by atoms with E-state index in [0.29, 0.717) is 16.5 Å². The van der Waals surface area contributed by atoms with E-state index in [9.17, 15) is 4.79 Å². The summed E-state index contributed by atoms with van der Waals surface area (Å²) < 4.78 is 0. The van der Waals surface area contributed by atoms with Crippen molar-refractivity contribution in [3.05, 3.63) is 29.6 Å². The molecule has 5 heteroatoms. The molecule has 0 saturated carbocycles. The Morgan fingerprint density at radius 1 is 1.68 bits per heavy atom. The molecule has 0 aromatic carbocycles. The van der Waals surface area contributed by atoms with Crippen molar-refractivity contribution in [2.45, 2.75) is 12.2 Å². The molecule has 0 bridgehead atoms. The van der Waals surface area contributed by atoms with Crippen molar-refractivity contribution in [2.75, 3.05) is 25.4 Å². The Morgan fingerprint density at radius 2 is 2.53 bits per heavy atom. The zero-order valence-electron chi connectivity index (χ0n) is 10.9. The highest BCUT2D eigenvalue weighted by Crippen LogP contribution is 2.19. The number of carbonyl (C=O) groups excluding carboxylic acids is 1. The van der Waals surface area contributed by atoms with Crippen molar-refractivity contribution in [1.82, 2.24) is 9.88 Å². The molecule has 1 amide bonds. The number of nitrogens with zero attached hydrogens (tertiary/aromatic N) is 2. The molecule has 2 heterocycles. The number of hydrogen-bond donors (Lipinski definition) is 1. The van der Waals surface area contributed by atoms with Crippen LogP contribution < -0.4 is 5.73 Å². The molecule has 19 heavy (non-hydrogen) atoms. The van der Waals surface area contributed by atoms with Gasteiger partial charge in [-0.25, -0.2) is 4.98 Å². The van der Waals surface area contributed by atoms with Gasteiger partial charge in [-0.1, -0.05) is 18.8 Å². The summed E-state index contributed by atoms with van der Waals surface area (Å²) in [6.45, 7) is 3.95. The van der Waals surface area contributed by atoms with Crippen molar-refractivity contribution in [3.63, 3.8) is 0 Å². The van der Waals surface area contributed by atoms with Crippen LogP contribution in [-0.2, 0) is 0 Å². The van der Waals surface area contributed by atoms with Gasteiger partial charge >= 0.3 is 0 Å². The van der Waals surface area contributed by atoms with E-state index in [1.165, 1.54) is 0 Å². The van der Waals surface area contributed by atoms with E-state index >= 15 is 0 Å². The van der Waals surface area contributed by atoms with Crippen molar-refractivity contribution >= 4 is 17.7 Å². The Hall–Kier alpha value is -1.51. The van der Waals surface area contributed by atoms with Gasteiger partial charge in [0.2, 0.25) is 0 Å². The van der Waals surface area contributed by atoms with Crippen molar-refractivity contribution in [1.29, 1.82) is 0 Å². The number of rotatable bonds is 1.